The molecule has 3 aliphatic carbocycles. The Hall–Kier alpha value is -5.18. The number of hydrogen-bond donors (Lipinski definition) is 3. The van der Waals surface area contributed by atoms with Crippen molar-refractivity contribution in [3.05, 3.63) is 67.3 Å². The SMILES string of the molecule is C=CC1C[C@]1(NC(=O)[C@@H]1C[C@@H](Oc2cc(-c3ccccc3)nc3cc(OC)ccc23)CN1C(=O)[C@@H](NC(=O)OC(C)(C)C)C1CCCC1)C(=O)NS(=O)(=O)C1(C)CC1. The van der Waals surface area contributed by atoms with Crippen molar-refractivity contribution in [3.8, 4) is 22.8 Å². The van der Waals surface area contributed by atoms with Crippen LogP contribution in [0.15, 0.2) is 67.3 Å². The molecule has 2 heterocycles. The van der Waals surface area contributed by atoms with Crippen LogP contribution in [0.2, 0.25) is 0 Å². The highest BCUT2D eigenvalue weighted by molar-refractivity contribution is 7.91. The number of hydrogen-bond acceptors (Lipinski definition) is 10. The summed E-state index contributed by atoms with van der Waals surface area (Å²) in [5, 5.41) is 6.37. The molecule has 2 aromatic carbocycles. The molecule has 14 nitrogen and oxygen atoms in total. The zero-order valence-electron chi connectivity index (χ0n) is 33.7. The fraction of sp³-hybridized carbons (Fsp3) is 0.512. The van der Waals surface area contributed by atoms with Gasteiger partial charge in [0.25, 0.3) is 5.91 Å². The number of carbonyl (C=O) groups excluding carboxylic acids is 4. The van der Waals surface area contributed by atoms with Gasteiger partial charge >= 0.3 is 6.09 Å². The number of nitrogens with one attached hydrogen (secondary N) is 3. The van der Waals surface area contributed by atoms with Crippen molar-refractivity contribution in [1.82, 2.24) is 25.2 Å². The first-order chi connectivity index (χ1) is 27.5. The number of sulfonamides is 1. The zero-order chi connectivity index (χ0) is 41.6. The van der Waals surface area contributed by atoms with E-state index in [9.17, 15) is 27.6 Å². The van der Waals surface area contributed by atoms with E-state index in [1.807, 2.05) is 48.5 Å². The molecular formula is C43H53N5O9S. The molecule has 58 heavy (non-hydrogen) atoms. The van der Waals surface area contributed by atoms with Gasteiger partial charge in [-0.25, -0.2) is 18.2 Å². The maximum atomic E-state index is 14.8. The number of amides is 4. The molecule has 3 aromatic rings. The molecule has 4 aliphatic rings. The smallest absolute Gasteiger partial charge is 0.408 e. The topological polar surface area (TPSA) is 182 Å². The second-order valence-electron chi connectivity index (χ2n) is 17.3. The number of ether oxygens (including phenoxy) is 3. The van der Waals surface area contributed by atoms with Gasteiger partial charge in [0.05, 0.1) is 29.6 Å². The van der Waals surface area contributed by atoms with Crippen molar-refractivity contribution in [1.29, 1.82) is 0 Å². The Labute approximate surface area is 339 Å². The Morgan fingerprint density at radius 2 is 1.74 bits per heavy atom. The van der Waals surface area contributed by atoms with Crippen LogP contribution in [0.4, 0.5) is 4.79 Å². The van der Waals surface area contributed by atoms with E-state index < -0.39 is 73.8 Å². The number of fused-ring (bicyclic) bond motifs is 1. The van der Waals surface area contributed by atoms with Crippen LogP contribution in [0, 0.1) is 11.8 Å². The lowest BCUT2D eigenvalue weighted by Crippen LogP contribution is -2.59. The van der Waals surface area contributed by atoms with Gasteiger partial charge in [-0.1, -0.05) is 49.2 Å². The number of nitrogens with zero attached hydrogens (tertiary/aromatic N) is 2. The summed E-state index contributed by atoms with van der Waals surface area (Å²) in [6, 6.07) is 14.8. The Morgan fingerprint density at radius 1 is 1.03 bits per heavy atom. The Balaban J connectivity index is 1.22. The lowest BCUT2D eigenvalue weighted by Gasteiger charge is -2.32. The molecule has 0 radical (unpaired) electrons. The van der Waals surface area contributed by atoms with Crippen LogP contribution < -0.4 is 24.8 Å². The van der Waals surface area contributed by atoms with Crippen molar-refractivity contribution >= 4 is 44.7 Å². The first-order valence-electron chi connectivity index (χ1n) is 20.0. The molecule has 7 rings (SSSR count). The van der Waals surface area contributed by atoms with Crippen LogP contribution in [0.5, 0.6) is 11.5 Å². The number of rotatable bonds is 13. The quantitative estimate of drug-likeness (QED) is 0.189. The minimum Gasteiger partial charge on any atom is -0.497 e. The number of carbonyl (C=O) groups is 4. The van der Waals surface area contributed by atoms with Crippen molar-refractivity contribution in [2.24, 2.45) is 11.8 Å². The summed E-state index contributed by atoms with van der Waals surface area (Å²) >= 11 is 0. The second kappa shape index (κ2) is 15.5. The van der Waals surface area contributed by atoms with Crippen LogP contribution in [0.3, 0.4) is 0 Å². The van der Waals surface area contributed by atoms with E-state index in [0.717, 1.165) is 18.4 Å². The van der Waals surface area contributed by atoms with Crippen LogP contribution in [0.1, 0.15) is 79.1 Å². The number of aromatic nitrogens is 1. The van der Waals surface area contributed by atoms with Gasteiger partial charge < -0.3 is 29.7 Å². The maximum Gasteiger partial charge on any atom is 0.408 e. The third kappa shape index (κ3) is 8.36. The molecule has 1 saturated heterocycles. The summed E-state index contributed by atoms with van der Waals surface area (Å²) in [5.41, 5.74) is -0.274. The first kappa shape index (κ1) is 41.0. The minimum atomic E-state index is -4.01. The van der Waals surface area contributed by atoms with Gasteiger partial charge in [0.15, 0.2) is 0 Å². The molecule has 0 spiro atoms. The van der Waals surface area contributed by atoms with E-state index in [0.29, 0.717) is 53.8 Å². The number of alkyl carbamates (subject to hydrolysis) is 1. The lowest BCUT2D eigenvalue weighted by atomic mass is 9.96. The molecule has 1 aromatic heterocycles. The molecule has 1 unspecified atom stereocenters. The fourth-order valence-corrected chi connectivity index (χ4v) is 9.43. The molecule has 4 amide bonds. The van der Waals surface area contributed by atoms with Crippen LogP contribution in [-0.2, 0) is 29.1 Å². The second-order valence-corrected chi connectivity index (χ2v) is 19.5. The molecule has 15 heteroatoms. The Bertz CT molecular complexity index is 2220. The molecule has 310 valence electrons. The van der Waals surface area contributed by atoms with E-state index in [1.54, 1.807) is 40.9 Å². The molecular weight excluding hydrogens is 763 g/mol. The average Bonchev–Trinajstić information content (AvgIpc) is 3.95. The van der Waals surface area contributed by atoms with Gasteiger partial charge in [0.2, 0.25) is 21.8 Å². The van der Waals surface area contributed by atoms with Crippen molar-refractivity contribution < 1.29 is 41.8 Å². The normalized spacial score (nSPS) is 24.4. The minimum absolute atomic E-state index is 0.0202. The summed E-state index contributed by atoms with van der Waals surface area (Å²) in [6.07, 6.45) is 4.24. The number of benzene rings is 2. The van der Waals surface area contributed by atoms with E-state index >= 15 is 0 Å². The van der Waals surface area contributed by atoms with E-state index in [4.69, 9.17) is 19.2 Å². The number of pyridine rings is 1. The molecule has 0 bridgehead atoms. The summed E-state index contributed by atoms with van der Waals surface area (Å²) in [5.74, 6) is -1.61. The van der Waals surface area contributed by atoms with Crippen molar-refractivity contribution in [2.45, 2.75) is 113 Å². The fourth-order valence-electron chi connectivity index (χ4n) is 8.12. The third-order valence-electron chi connectivity index (χ3n) is 11.9. The van der Waals surface area contributed by atoms with Gasteiger partial charge in [-0.2, -0.15) is 0 Å². The Kier molecular flexibility index (Phi) is 11.0. The molecule has 1 aliphatic heterocycles. The molecule has 3 N–H and O–H groups in total. The van der Waals surface area contributed by atoms with E-state index in [-0.39, 0.29) is 25.3 Å². The summed E-state index contributed by atoms with van der Waals surface area (Å²) in [4.78, 5) is 62.7. The lowest BCUT2D eigenvalue weighted by molar-refractivity contribution is -0.142. The molecule has 4 fully saturated rings. The third-order valence-corrected chi connectivity index (χ3v) is 14.0. The van der Waals surface area contributed by atoms with Crippen molar-refractivity contribution in [2.75, 3.05) is 13.7 Å². The zero-order valence-corrected chi connectivity index (χ0v) is 34.5. The highest BCUT2D eigenvalue weighted by Gasteiger charge is 2.63. The van der Waals surface area contributed by atoms with Gasteiger partial charge in [-0.05, 0) is 77.8 Å². The maximum absolute atomic E-state index is 14.8. The monoisotopic (exact) mass is 815 g/mol. The van der Waals surface area contributed by atoms with E-state index in [2.05, 4.69) is 21.9 Å². The highest BCUT2D eigenvalue weighted by Crippen LogP contribution is 2.47. The van der Waals surface area contributed by atoms with Crippen molar-refractivity contribution in [3.63, 3.8) is 0 Å². The number of likely N-dealkylation sites (tertiary alicyclic amines) is 1. The first-order valence-corrected chi connectivity index (χ1v) is 21.5. The predicted molar refractivity (Wildman–Crippen MR) is 217 cm³/mol. The van der Waals surface area contributed by atoms with Crippen LogP contribution in [-0.4, -0.2) is 89.8 Å². The van der Waals surface area contributed by atoms with Gasteiger partial charge in [0.1, 0.15) is 40.8 Å². The molecule has 5 atom stereocenters. The van der Waals surface area contributed by atoms with E-state index in [1.165, 1.54) is 11.0 Å². The Morgan fingerprint density at radius 3 is 2.36 bits per heavy atom. The number of methoxy groups -OCH3 is 1. The summed E-state index contributed by atoms with van der Waals surface area (Å²) in [7, 11) is -2.44. The molecule has 3 saturated carbocycles. The highest BCUT2D eigenvalue weighted by atomic mass is 32.2. The van der Waals surface area contributed by atoms with Gasteiger partial charge in [-0.15, -0.1) is 6.58 Å². The summed E-state index contributed by atoms with van der Waals surface area (Å²) < 4.78 is 45.2. The van der Waals surface area contributed by atoms with Gasteiger partial charge in [0, 0.05) is 35.4 Å². The van der Waals surface area contributed by atoms with Crippen LogP contribution in [0.25, 0.3) is 22.2 Å². The average molecular weight is 816 g/mol. The van der Waals surface area contributed by atoms with Gasteiger partial charge in [-0.3, -0.25) is 19.1 Å². The predicted octanol–water partition coefficient (Wildman–Crippen LogP) is 5.40. The largest absolute Gasteiger partial charge is 0.497 e. The standard InChI is InChI=1S/C43H53N5O9S/c1-7-28-24-43(28,39(51)47-58(53,54)42(5)19-20-42)46-37(49)34-22-30(25-48(34)38(50)36(27-15-11-12-16-27)45-40(52)57-41(2,3)4)56-35-23-32(26-13-9-8-10-14-26)44-33-21-29(55-6)17-18-31(33)35/h7-10,13-14,17-18,21,23,27-28,30,34,36H,1,11-12,15-16,19-20,22,24-25H2,2-6H3,(H,45,52)(H,46,49)(H,47,51)/t28?,30-,34+,36+,43-/m1/s1. The summed E-state index contributed by atoms with van der Waals surface area (Å²) in [6.45, 7) is 10.6. The van der Waals surface area contributed by atoms with Crippen LogP contribution >= 0.6 is 0 Å².